The molecule has 1 aliphatic rings. The fraction of sp³-hybridized carbons (Fsp3) is 0.793. The molecule has 0 aliphatic carbocycles. The third-order valence-corrected chi connectivity index (χ3v) is 7.01. The smallest absolute Gasteiger partial charge is 0.333 e. The largest absolute Gasteiger partial charge is 0.481 e. The number of hydrogen-bond donors (Lipinski definition) is 3. The Labute approximate surface area is 237 Å². The summed E-state index contributed by atoms with van der Waals surface area (Å²) in [6, 6.07) is -1.25. The van der Waals surface area contributed by atoms with E-state index in [1.165, 1.54) is 57.8 Å². The van der Waals surface area contributed by atoms with Gasteiger partial charge in [0.05, 0.1) is 6.42 Å². The zero-order chi connectivity index (χ0) is 29.6. The number of carboxylic acid groups (broad SMARTS) is 2. The van der Waals surface area contributed by atoms with Gasteiger partial charge < -0.3 is 20.4 Å². The van der Waals surface area contributed by atoms with Crippen LogP contribution in [-0.4, -0.2) is 56.9 Å². The molecule has 1 rings (SSSR count). The molecule has 0 saturated carbocycles. The van der Waals surface area contributed by atoms with Crippen LogP contribution in [0.1, 0.15) is 141 Å². The molecular formula is C29H48N2O9. The number of carboxylic acids is 2. The van der Waals surface area contributed by atoms with Crippen molar-refractivity contribution in [2.75, 3.05) is 0 Å². The van der Waals surface area contributed by atoms with Gasteiger partial charge in [0.1, 0.15) is 6.04 Å². The van der Waals surface area contributed by atoms with Gasteiger partial charge in [-0.25, -0.2) is 9.59 Å². The lowest BCUT2D eigenvalue weighted by molar-refractivity contribution is -0.197. The number of aliphatic carboxylic acids is 2. The van der Waals surface area contributed by atoms with Gasteiger partial charge in [0, 0.05) is 25.7 Å². The van der Waals surface area contributed by atoms with Gasteiger partial charge in [0.2, 0.25) is 5.91 Å². The Balaban J connectivity index is 1.95. The standard InChI is InChI=1S/C29H48N2O9/c32-24(30-23(29(38)39)19-22-28(37)40-31-25(33)20-21-26(31)34)17-15-13-11-9-7-5-3-1-2-4-6-8-10-12-14-16-18-27(35)36/h23H,1-22H2,(H,30,32)(H,35,36)(H,38,39)/t23-/m0/s1. The molecule has 3 amide bonds. The summed E-state index contributed by atoms with van der Waals surface area (Å²) < 4.78 is 0. The summed E-state index contributed by atoms with van der Waals surface area (Å²) in [5, 5.41) is 20.8. The van der Waals surface area contributed by atoms with E-state index in [-0.39, 0.29) is 44.4 Å². The lowest BCUT2D eigenvalue weighted by atomic mass is 10.0. The second-order valence-electron chi connectivity index (χ2n) is 10.6. The van der Waals surface area contributed by atoms with Crippen molar-refractivity contribution in [3.63, 3.8) is 0 Å². The van der Waals surface area contributed by atoms with Gasteiger partial charge in [-0.3, -0.25) is 19.2 Å². The van der Waals surface area contributed by atoms with E-state index in [1.54, 1.807) is 0 Å². The van der Waals surface area contributed by atoms with E-state index in [4.69, 9.17) is 9.94 Å². The monoisotopic (exact) mass is 568 g/mol. The molecule has 1 aliphatic heterocycles. The van der Waals surface area contributed by atoms with E-state index in [9.17, 15) is 33.9 Å². The first-order valence-corrected chi connectivity index (χ1v) is 15.0. The number of imide groups is 1. The summed E-state index contributed by atoms with van der Waals surface area (Å²) in [6.07, 6.45) is 17.7. The number of hydrogen-bond acceptors (Lipinski definition) is 7. The van der Waals surface area contributed by atoms with Gasteiger partial charge in [-0.15, -0.1) is 5.06 Å². The molecule has 1 heterocycles. The summed E-state index contributed by atoms with van der Waals surface area (Å²) in [4.78, 5) is 73.6. The van der Waals surface area contributed by atoms with Crippen molar-refractivity contribution < 1.29 is 43.8 Å². The van der Waals surface area contributed by atoms with E-state index in [1.807, 2.05) is 0 Å². The molecule has 11 heteroatoms. The highest BCUT2D eigenvalue weighted by Crippen LogP contribution is 2.15. The number of unbranched alkanes of at least 4 members (excludes halogenated alkanes) is 15. The minimum atomic E-state index is -1.26. The average molecular weight is 569 g/mol. The molecular weight excluding hydrogens is 520 g/mol. The maximum atomic E-state index is 12.1. The van der Waals surface area contributed by atoms with Crippen molar-refractivity contribution in [1.29, 1.82) is 0 Å². The van der Waals surface area contributed by atoms with Gasteiger partial charge in [-0.05, 0) is 19.3 Å². The van der Waals surface area contributed by atoms with Crippen molar-refractivity contribution >= 4 is 35.6 Å². The van der Waals surface area contributed by atoms with Crippen molar-refractivity contribution in [3.8, 4) is 0 Å². The molecule has 0 spiro atoms. The first kappa shape index (κ1) is 35.0. The molecule has 228 valence electrons. The fourth-order valence-corrected chi connectivity index (χ4v) is 4.63. The van der Waals surface area contributed by atoms with Crippen LogP contribution in [0.4, 0.5) is 0 Å². The molecule has 0 aromatic heterocycles. The summed E-state index contributed by atoms with van der Waals surface area (Å²) in [5.74, 6) is -4.47. The number of carbonyl (C=O) groups excluding carboxylic acids is 4. The van der Waals surface area contributed by atoms with Crippen LogP contribution in [0.5, 0.6) is 0 Å². The summed E-state index contributed by atoms with van der Waals surface area (Å²) in [6.45, 7) is 0. The second kappa shape index (κ2) is 21.8. The Bertz CT molecular complexity index is 799. The predicted molar refractivity (Wildman–Crippen MR) is 147 cm³/mol. The minimum Gasteiger partial charge on any atom is -0.481 e. The Morgan fingerprint density at radius 2 is 1.05 bits per heavy atom. The summed E-state index contributed by atoms with van der Waals surface area (Å²) in [5.41, 5.74) is 0. The highest BCUT2D eigenvalue weighted by molar-refractivity contribution is 6.01. The lowest BCUT2D eigenvalue weighted by Crippen LogP contribution is -2.41. The zero-order valence-electron chi connectivity index (χ0n) is 23.8. The molecule has 0 aromatic rings. The van der Waals surface area contributed by atoms with E-state index < -0.39 is 35.8 Å². The number of carbonyl (C=O) groups is 6. The number of nitrogens with zero attached hydrogens (tertiary/aromatic N) is 1. The van der Waals surface area contributed by atoms with Crippen molar-refractivity contribution in [2.24, 2.45) is 0 Å². The fourth-order valence-electron chi connectivity index (χ4n) is 4.63. The van der Waals surface area contributed by atoms with Crippen LogP contribution in [-0.2, 0) is 33.6 Å². The molecule has 1 fully saturated rings. The number of nitrogens with one attached hydrogen (secondary N) is 1. The van der Waals surface area contributed by atoms with Crippen molar-refractivity contribution in [2.45, 2.75) is 147 Å². The minimum absolute atomic E-state index is 0.0253. The van der Waals surface area contributed by atoms with E-state index in [2.05, 4.69) is 5.32 Å². The molecule has 3 N–H and O–H groups in total. The lowest BCUT2D eigenvalue weighted by Gasteiger charge is -2.16. The van der Waals surface area contributed by atoms with Crippen LogP contribution in [0.25, 0.3) is 0 Å². The Hall–Kier alpha value is -2.98. The highest BCUT2D eigenvalue weighted by atomic mass is 16.7. The Morgan fingerprint density at radius 1 is 0.650 bits per heavy atom. The molecule has 0 aromatic carbocycles. The van der Waals surface area contributed by atoms with E-state index in [0.29, 0.717) is 11.5 Å². The Kier molecular flexibility index (Phi) is 19.1. The number of hydroxylamine groups is 2. The third-order valence-electron chi connectivity index (χ3n) is 7.01. The van der Waals surface area contributed by atoms with Crippen molar-refractivity contribution in [3.05, 3.63) is 0 Å². The molecule has 1 atom stereocenters. The predicted octanol–water partition coefficient (Wildman–Crippen LogP) is 5.05. The first-order chi connectivity index (χ1) is 19.2. The summed E-state index contributed by atoms with van der Waals surface area (Å²) in [7, 11) is 0. The number of rotatable bonds is 25. The second-order valence-corrected chi connectivity index (χ2v) is 10.6. The topological polar surface area (TPSA) is 167 Å². The van der Waals surface area contributed by atoms with Gasteiger partial charge in [-0.2, -0.15) is 0 Å². The molecule has 1 saturated heterocycles. The van der Waals surface area contributed by atoms with Gasteiger partial charge in [-0.1, -0.05) is 89.9 Å². The highest BCUT2D eigenvalue weighted by Gasteiger charge is 2.33. The zero-order valence-corrected chi connectivity index (χ0v) is 23.8. The van der Waals surface area contributed by atoms with Gasteiger partial charge >= 0.3 is 17.9 Å². The van der Waals surface area contributed by atoms with Gasteiger partial charge in [0.25, 0.3) is 11.8 Å². The van der Waals surface area contributed by atoms with Crippen LogP contribution in [0, 0.1) is 0 Å². The quantitative estimate of drug-likeness (QED) is 0.101. The molecule has 40 heavy (non-hydrogen) atoms. The Morgan fingerprint density at radius 3 is 1.45 bits per heavy atom. The van der Waals surface area contributed by atoms with Crippen LogP contribution >= 0.6 is 0 Å². The van der Waals surface area contributed by atoms with Crippen molar-refractivity contribution in [1.82, 2.24) is 10.4 Å². The van der Waals surface area contributed by atoms with Crippen LogP contribution in [0.3, 0.4) is 0 Å². The van der Waals surface area contributed by atoms with Gasteiger partial charge in [0.15, 0.2) is 0 Å². The molecule has 0 bridgehead atoms. The van der Waals surface area contributed by atoms with E-state index in [0.717, 1.165) is 38.5 Å². The normalized spacial score (nSPS) is 13.8. The average Bonchev–Trinajstić information content (AvgIpc) is 3.22. The first-order valence-electron chi connectivity index (χ1n) is 15.0. The molecule has 0 unspecified atom stereocenters. The molecule has 11 nitrogen and oxygen atoms in total. The molecule has 0 radical (unpaired) electrons. The van der Waals surface area contributed by atoms with Crippen LogP contribution in [0.15, 0.2) is 0 Å². The van der Waals surface area contributed by atoms with Crippen LogP contribution < -0.4 is 5.32 Å². The SMILES string of the molecule is O=C(O)CCCCCCCCCCCCCCCCCCC(=O)N[C@@H](CCC(=O)ON1C(=O)CCC1=O)C(=O)O. The van der Waals surface area contributed by atoms with E-state index >= 15 is 0 Å². The third kappa shape index (κ3) is 17.6. The van der Waals surface area contributed by atoms with Crippen LogP contribution in [0.2, 0.25) is 0 Å². The maximum absolute atomic E-state index is 12.1. The maximum Gasteiger partial charge on any atom is 0.333 e. The summed E-state index contributed by atoms with van der Waals surface area (Å²) >= 11 is 0. The number of amides is 3.